The van der Waals surface area contributed by atoms with Gasteiger partial charge in [0.05, 0.1) is 18.4 Å². The number of carbonyl (C=O) groups excluding carboxylic acids is 1. The normalized spacial score (nSPS) is 13.8. The van der Waals surface area contributed by atoms with Crippen molar-refractivity contribution >= 4 is 17.8 Å². The second kappa shape index (κ2) is 7.61. The number of hydrogen-bond acceptors (Lipinski definition) is 4. The van der Waals surface area contributed by atoms with E-state index in [1.165, 1.54) is 0 Å². The molecule has 0 heterocycles. The summed E-state index contributed by atoms with van der Waals surface area (Å²) in [7, 11) is 0. The molecular weight excluding hydrogens is 228 g/mol. The van der Waals surface area contributed by atoms with Gasteiger partial charge in [-0.25, -0.2) is 0 Å². The van der Waals surface area contributed by atoms with Gasteiger partial charge < -0.3 is 21.3 Å². The van der Waals surface area contributed by atoms with E-state index in [4.69, 9.17) is 15.9 Å². The number of carboxylic acid groups (broad SMARTS) is 2. The molecule has 0 aliphatic rings. The number of amides is 1. The molecule has 17 heavy (non-hydrogen) atoms. The van der Waals surface area contributed by atoms with Gasteiger partial charge in [-0.2, -0.15) is 0 Å². The Balaban J connectivity index is 3.71. The Bertz CT molecular complexity index is 292. The predicted molar refractivity (Wildman–Crippen MR) is 59.3 cm³/mol. The lowest BCUT2D eigenvalue weighted by atomic mass is 10.1. The molecule has 0 aliphatic heterocycles. The molecule has 0 spiro atoms. The zero-order chi connectivity index (χ0) is 13.4. The minimum absolute atomic E-state index is 0.295. The van der Waals surface area contributed by atoms with Gasteiger partial charge in [-0.1, -0.05) is 6.92 Å². The summed E-state index contributed by atoms with van der Waals surface area (Å²) < 4.78 is 0. The standard InChI is InChI=1S/C10H18N2O5/c1-6(10(16)17)3-2-4-12-9(15)7(11)5-8(13)14/h6-7H,2-5,11H2,1H3,(H,12,15)(H,13,14)(H,16,17). The molecule has 1 amide bonds. The van der Waals surface area contributed by atoms with Crippen molar-refractivity contribution < 1.29 is 24.6 Å². The van der Waals surface area contributed by atoms with E-state index < -0.39 is 36.2 Å². The molecule has 0 bridgehead atoms. The van der Waals surface area contributed by atoms with Crippen LogP contribution in [0.4, 0.5) is 0 Å². The molecule has 0 aliphatic carbocycles. The molecule has 2 unspecified atom stereocenters. The fraction of sp³-hybridized carbons (Fsp3) is 0.700. The van der Waals surface area contributed by atoms with Gasteiger partial charge >= 0.3 is 11.9 Å². The fourth-order valence-corrected chi connectivity index (χ4v) is 1.16. The van der Waals surface area contributed by atoms with Crippen LogP contribution in [0.15, 0.2) is 0 Å². The lowest BCUT2D eigenvalue weighted by Gasteiger charge is -2.10. The fourth-order valence-electron chi connectivity index (χ4n) is 1.16. The number of carbonyl (C=O) groups is 3. The number of nitrogens with two attached hydrogens (primary N) is 1. The summed E-state index contributed by atoms with van der Waals surface area (Å²) in [5.41, 5.74) is 5.32. The molecule has 0 aromatic rings. The van der Waals surface area contributed by atoms with E-state index in [0.717, 1.165) is 0 Å². The van der Waals surface area contributed by atoms with Gasteiger partial charge in [0.1, 0.15) is 0 Å². The van der Waals surface area contributed by atoms with Crippen molar-refractivity contribution in [2.75, 3.05) is 6.54 Å². The first-order valence-electron chi connectivity index (χ1n) is 5.32. The van der Waals surface area contributed by atoms with Crippen LogP contribution in [0.3, 0.4) is 0 Å². The zero-order valence-corrected chi connectivity index (χ0v) is 9.68. The van der Waals surface area contributed by atoms with E-state index >= 15 is 0 Å². The van der Waals surface area contributed by atoms with Crippen LogP contribution in [0.1, 0.15) is 26.2 Å². The monoisotopic (exact) mass is 246 g/mol. The van der Waals surface area contributed by atoms with Gasteiger partial charge in [-0.05, 0) is 12.8 Å². The van der Waals surface area contributed by atoms with Gasteiger partial charge in [0.15, 0.2) is 0 Å². The molecule has 0 saturated carbocycles. The molecule has 0 saturated heterocycles. The van der Waals surface area contributed by atoms with Crippen LogP contribution in [-0.4, -0.2) is 40.6 Å². The molecule has 0 aromatic carbocycles. The minimum Gasteiger partial charge on any atom is -0.481 e. The van der Waals surface area contributed by atoms with E-state index in [1.54, 1.807) is 6.92 Å². The van der Waals surface area contributed by atoms with Crippen LogP contribution in [0.2, 0.25) is 0 Å². The Morgan fingerprint density at radius 2 is 1.88 bits per heavy atom. The third-order valence-corrected chi connectivity index (χ3v) is 2.27. The number of nitrogens with one attached hydrogen (secondary N) is 1. The molecule has 5 N–H and O–H groups in total. The predicted octanol–water partition coefficient (Wildman–Crippen LogP) is -0.594. The van der Waals surface area contributed by atoms with Crippen molar-refractivity contribution in [2.45, 2.75) is 32.2 Å². The molecule has 2 atom stereocenters. The van der Waals surface area contributed by atoms with E-state index in [1.807, 2.05) is 0 Å². The van der Waals surface area contributed by atoms with Crippen LogP contribution in [0.25, 0.3) is 0 Å². The quantitative estimate of drug-likeness (QED) is 0.423. The third-order valence-electron chi connectivity index (χ3n) is 2.27. The number of rotatable bonds is 8. The Morgan fingerprint density at radius 1 is 1.29 bits per heavy atom. The summed E-state index contributed by atoms with van der Waals surface area (Å²) in [6.45, 7) is 1.88. The van der Waals surface area contributed by atoms with Crippen molar-refractivity contribution in [3.05, 3.63) is 0 Å². The third kappa shape index (κ3) is 7.29. The van der Waals surface area contributed by atoms with E-state index in [9.17, 15) is 14.4 Å². The van der Waals surface area contributed by atoms with Gasteiger partial charge in [0.25, 0.3) is 0 Å². The summed E-state index contributed by atoms with van der Waals surface area (Å²) in [4.78, 5) is 32.0. The Kier molecular flexibility index (Phi) is 6.88. The molecule has 7 nitrogen and oxygen atoms in total. The maximum atomic E-state index is 11.2. The molecule has 98 valence electrons. The van der Waals surface area contributed by atoms with Gasteiger partial charge in [-0.15, -0.1) is 0 Å². The van der Waals surface area contributed by atoms with Crippen LogP contribution in [0, 0.1) is 5.92 Å². The summed E-state index contributed by atoms with van der Waals surface area (Å²) in [5, 5.41) is 19.5. The second-order valence-corrected chi connectivity index (χ2v) is 3.88. The summed E-state index contributed by atoms with van der Waals surface area (Å²) in [5.74, 6) is -3.00. The first kappa shape index (κ1) is 15.4. The van der Waals surface area contributed by atoms with E-state index in [0.29, 0.717) is 19.4 Å². The van der Waals surface area contributed by atoms with Crippen molar-refractivity contribution in [1.29, 1.82) is 0 Å². The minimum atomic E-state index is -1.13. The van der Waals surface area contributed by atoms with Crippen molar-refractivity contribution in [1.82, 2.24) is 5.32 Å². The maximum Gasteiger partial charge on any atom is 0.306 e. The van der Waals surface area contributed by atoms with Crippen LogP contribution in [-0.2, 0) is 14.4 Å². The van der Waals surface area contributed by atoms with Crippen molar-refractivity contribution in [3.8, 4) is 0 Å². The van der Waals surface area contributed by atoms with Gasteiger partial charge in [-0.3, -0.25) is 14.4 Å². The molecule has 0 radical (unpaired) electrons. The van der Waals surface area contributed by atoms with E-state index in [2.05, 4.69) is 5.32 Å². The topological polar surface area (TPSA) is 130 Å². The highest BCUT2D eigenvalue weighted by Gasteiger charge is 2.16. The first-order chi connectivity index (χ1) is 7.84. The highest BCUT2D eigenvalue weighted by molar-refractivity contribution is 5.85. The molecule has 0 fully saturated rings. The Labute approximate surface area is 99.0 Å². The molecule has 0 rings (SSSR count). The highest BCUT2D eigenvalue weighted by atomic mass is 16.4. The van der Waals surface area contributed by atoms with Crippen molar-refractivity contribution in [3.63, 3.8) is 0 Å². The molecule has 7 heteroatoms. The van der Waals surface area contributed by atoms with Crippen LogP contribution < -0.4 is 11.1 Å². The lowest BCUT2D eigenvalue weighted by Crippen LogP contribution is -2.42. The lowest BCUT2D eigenvalue weighted by molar-refractivity contribution is -0.141. The van der Waals surface area contributed by atoms with Gasteiger partial charge in [0.2, 0.25) is 5.91 Å². The van der Waals surface area contributed by atoms with E-state index in [-0.39, 0.29) is 0 Å². The summed E-state index contributed by atoms with van der Waals surface area (Å²) in [6.07, 6.45) is 0.542. The Morgan fingerprint density at radius 3 is 2.35 bits per heavy atom. The summed E-state index contributed by atoms with van der Waals surface area (Å²) in [6, 6.07) is -1.07. The largest absolute Gasteiger partial charge is 0.481 e. The maximum absolute atomic E-state index is 11.2. The average Bonchev–Trinajstić information content (AvgIpc) is 2.22. The molecular formula is C10H18N2O5. The first-order valence-corrected chi connectivity index (χ1v) is 5.32. The Hall–Kier alpha value is -1.63. The van der Waals surface area contributed by atoms with Crippen molar-refractivity contribution in [2.24, 2.45) is 11.7 Å². The smallest absolute Gasteiger partial charge is 0.306 e. The zero-order valence-electron chi connectivity index (χ0n) is 9.68. The highest BCUT2D eigenvalue weighted by Crippen LogP contribution is 2.04. The second-order valence-electron chi connectivity index (χ2n) is 3.88. The van der Waals surface area contributed by atoms with Crippen LogP contribution in [0.5, 0.6) is 0 Å². The average molecular weight is 246 g/mol. The number of aliphatic carboxylic acids is 2. The van der Waals surface area contributed by atoms with Gasteiger partial charge in [0, 0.05) is 6.54 Å². The van der Waals surface area contributed by atoms with Crippen LogP contribution >= 0.6 is 0 Å². The molecule has 0 aromatic heterocycles. The number of carboxylic acids is 2. The summed E-state index contributed by atoms with van der Waals surface area (Å²) >= 11 is 0. The SMILES string of the molecule is CC(CCCNC(=O)C(N)CC(=O)O)C(=O)O. The number of hydrogen-bond donors (Lipinski definition) is 4.